The molecule has 0 aromatic heterocycles. The van der Waals surface area contributed by atoms with Crippen molar-refractivity contribution < 1.29 is 61.4 Å². The Morgan fingerprint density at radius 1 is 0.806 bits per heavy atom. The van der Waals surface area contributed by atoms with Gasteiger partial charge in [0.2, 0.25) is 4.08 Å². The Balaban J connectivity index is 2.61. The SMILES string of the molecule is O=S(=O)(Cl)C1(S(=O)(=O)Cl)C=C(c2ccc(OC(F)(F)C(F)(F)Br)cc2)C=CC1OC(F)(F)C(F)(F)Br. The summed E-state index contributed by atoms with van der Waals surface area (Å²) in [5, 5.41) is 0. The monoisotopic (exact) mass is 740 g/mol. The minimum Gasteiger partial charge on any atom is -0.427 e. The molecule has 6 nitrogen and oxygen atoms in total. The van der Waals surface area contributed by atoms with E-state index in [1.165, 1.54) is 31.9 Å². The van der Waals surface area contributed by atoms with Gasteiger partial charge in [-0.15, -0.1) is 0 Å². The van der Waals surface area contributed by atoms with Crippen LogP contribution in [0.2, 0.25) is 0 Å². The van der Waals surface area contributed by atoms with Crippen LogP contribution in [0, 0.1) is 0 Å². The summed E-state index contributed by atoms with van der Waals surface area (Å²) in [5.74, 6) is -0.829. The second-order valence-electron chi connectivity index (χ2n) is 6.75. The number of hydrogen-bond acceptors (Lipinski definition) is 6. The van der Waals surface area contributed by atoms with E-state index in [0.717, 1.165) is 18.2 Å². The quantitative estimate of drug-likeness (QED) is 0.166. The predicted molar refractivity (Wildman–Crippen MR) is 119 cm³/mol. The molecule has 1 unspecified atom stereocenters. The maximum atomic E-state index is 13.8. The molecule has 0 spiro atoms. The van der Waals surface area contributed by atoms with Crippen LogP contribution in [0.5, 0.6) is 5.75 Å². The molecule has 36 heavy (non-hydrogen) atoms. The Morgan fingerprint density at radius 3 is 1.64 bits per heavy atom. The van der Waals surface area contributed by atoms with Gasteiger partial charge in [0, 0.05) is 53.2 Å². The molecule has 20 heteroatoms. The van der Waals surface area contributed by atoms with Crippen molar-refractivity contribution in [3.8, 4) is 5.75 Å². The Labute approximate surface area is 223 Å². The van der Waals surface area contributed by atoms with E-state index in [4.69, 9.17) is 21.4 Å². The van der Waals surface area contributed by atoms with E-state index in [1.54, 1.807) is 0 Å². The van der Waals surface area contributed by atoms with Crippen LogP contribution in [-0.4, -0.2) is 48.9 Å². The molecule has 1 atom stereocenters. The van der Waals surface area contributed by atoms with Gasteiger partial charge in [0.15, 0.2) is 0 Å². The Kier molecular flexibility index (Phi) is 8.61. The van der Waals surface area contributed by atoms with Crippen molar-refractivity contribution >= 4 is 76.9 Å². The van der Waals surface area contributed by atoms with Gasteiger partial charge < -0.3 is 9.47 Å². The van der Waals surface area contributed by atoms with Crippen molar-refractivity contribution in [2.75, 3.05) is 0 Å². The highest BCUT2D eigenvalue weighted by Crippen LogP contribution is 2.48. The third kappa shape index (κ3) is 6.14. The average molecular weight is 743 g/mol. The van der Waals surface area contributed by atoms with Crippen molar-refractivity contribution in [1.29, 1.82) is 0 Å². The zero-order valence-electron chi connectivity index (χ0n) is 16.4. The topological polar surface area (TPSA) is 86.7 Å². The van der Waals surface area contributed by atoms with Crippen LogP contribution in [0.3, 0.4) is 0 Å². The van der Waals surface area contributed by atoms with Gasteiger partial charge in [-0.2, -0.15) is 35.1 Å². The standard InChI is InChI=1S/C16H8Br2Cl2F8O6S2/c17-13(21,22)15(25,26)33-10-4-1-8(2-5-10)9-3-6-11(34-16(27,28)14(18,23)24)12(7-9,35(19,29)30)36(20,31)32/h1-7,11H. The van der Waals surface area contributed by atoms with E-state index in [9.17, 15) is 52.0 Å². The molecule has 0 saturated heterocycles. The highest BCUT2D eigenvalue weighted by molar-refractivity contribution is 9.10. The van der Waals surface area contributed by atoms with Crippen molar-refractivity contribution in [2.45, 2.75) is 32.1 Å². The Morgan fingerprint density at radius 2 is 1.25 bits per heavy atom. The second kappa shape index (κ2) is 9.82. The fraction of sp³-hybridized carbons (Fsp3) is 0.375. The van der Waals surface area contributed by atoms with Gasteiger partial charge in [-0.05, 0) is 29.3 Å². The molecule has 0 bridgehead atoms. The number of hydrogen-bond donors (Lipinski definition) is 0. The van der Waals surface area contributed by atoms with Gasteiger partial charge >= 0.3 is 21.9 Å². The first-order valence-electron chi connectivity index (χ1n) is 8.51. The molecule has 0 aliphatic heterocycles. The summed E-state index contributed by atoms with van der Waals surface area (Å²) in [6, 6.07) is 3.07. The van der Waals surface area contributed by atoms with Crippen molar-refractivity contribution in [1.82, 2.24) is 0 Å². The molecule has 1 aliphatic rings. The summed E-state index contributed by atoms with van der Waals surface area (Å²) in [6.45, 7) is 0. The van der Waals surface area contributed by atoms with Gasteiger partial charge in [0.25, 0.3) is 18.1 Å². The summed E-state index contributed by atoms with van der Waals surface area (Å²) in [7, 11) is -0.792. The maximum Gasteiger partial charge on any atom is 0.475 e. The third-order valence-electron chi connectivity index (χ3n) is 4.33. The molecule has 204 valence electrons. The molecule has 0 radical (unpaired) electrons. The van der Waals surface area contributed by atoms with Crippen LogP contribution in [0.1, 0.15) is 5.56 Å². The number of halogens is 12. The molecule has 0 heterocycles. The normalized spacial score (nSPS) is 19.7. The molecule has 1 aliphatic carbocycles. The van der Waals surface area contributed by atoms with Crippen molar-refractivity contribution in [3.63, 3.8) is 0 Å². The van der Waals surface area contributed by atoms with Gasteiger partial charge in [-0.25, -0.2) is 16.8 Å². The summed E-state index contributed by atoms with van der Waals surface area (Å²) in [5.41, 5.74) is -0.699. The highest BCUT2D eigenvalue weighted by atomic mass is 79.9. The Bertz CT molecular complexity index is 1240. The van der Waals surface area contributed by atoms with E-state index in [-0.39, 0.29) is 11.6 Å². The molecule has 1 aromatic rings. The zero-order chi connectivity index (χ0) is 28.2. The van der Waals surface area contributed by atoms with E-state index < -0.39 is 61.5 Å². The lowest BCUT2D eigenvalue weighted by molar-refractivity contribution is -0.322. The lowest BCUT2D eigenvalue weighted by Crippen LogP contribution is -2.55. The van der Waals surface area contributed by atoms with Crippen LogP contribution in [0.15, 0.2) is 42.5 Å². The van der Waals surface area contributed by atoms with Gasteiger partial charge in [0.1, 0.15) is 11.9 Å². The van der Waals surface area contributed by atoms with E-state index in [1.807, 2.05) is 0 Å². The van der Waals surface area contributed by atoms with Crippen LogP contribution in [0.4, 0.5) is 35.1 Å². The summed E-state index contributed by atoms with van der Waals surface area (Å²) < 4.78 is 160. The zero-order valence-corrected chi connectivity index (χ0v) is 22.7. The maximum absolute atomic E-state index is 13.8. The third-order valence-corrected chi connectivity index (χ3v) is 10.9. The highest BCUT2D eigenvalue weighted by Gasteiger charge is 2.65. The predicted octanol–water partition coefficient (Wildman–Crippen LogP) is 6.40. The molecule has 1 aromatic carbocycles. The lowest BCUT2D eigenvalue weighted by Gasteiger charge is -2.36. The van der Waals surface area contributed by atoms with E-state index in [0.29, 0.717) is 18.2 Å². The molecular weight excluding hydrogens is 735 g/mol. The first-order valence-corrected chi connectivity index (χ1v) is 14.7. The van der Waals surface area contributed by atoms with Crippen molar-refractivity contribution in [3.05, 3.63) is 48.1 Å². The minimum absolute atomic E-state index is 0.196. The fourth-order valence-electron chi connectivity index (χ4n) is 2.66. The number of benzene rings is 1. The van der Waals surface area contributed by atoms with Crippen LogP contribution >= 0.6 is 53.2 Å². The van der Waals surface area contributed by atoms with Crippen LogP contribution in [-0.2, 0) is 22.8 Å². The fourth-order valence-corrected chi connectivity index (χ4v) is 7.70. The molecule has 0 saturated carbocycles. The molecule has 2 rings (SSSR count). The first-order chi connectivity index (χ1) is 15.9. The number of alkyl halides is 10. The first kappa shape index (κ1) is 31.6. The molecule has 0 N–H and O–H groups in total. The summed E-state index contributed by atoms with van der Waals surface area (Å²) in [6.07, 6.45) is -12.2. The van der Waals surface area contributed by atoms with Gasteiger partial charge in [-0.3, -0.25) is 0 Å². The average Bonchev–Trinajstić information content (AvgIpc) is 2.64. The van der Waals surface area contributed by atoms with Gasteiger partial charge in [0.05, 0.1) is 0 Å². The van der Waals surface area contributed by atoms with Crippen LogP contribution in [0.25, 0.3) is 5.57 Å². The minimum atomic E-state index is -5.61. The van der Waals surface area contributed by atoms with E-state index in [2.05, 4.69) is 9.47 Å². The largest absolute Gasteiger partial charge is 0.475 e. The van der Waals surface area contributed by atoms with E-state index >= 15 is 0 Å². The molecule has 0 amide bonds. The number of rotatable bonds is 9. The Hall–Kier alpha value is -0.660. The van der Waals surface area contributed by atoms with Gasteiger partial charge in [-0.1, -0.05) is 24.3 Å². The molecular formula is C16H8Br2Cl2F8O6S2. The summed E-state index contributed by atoms with van der Waals surface area (Å²) in [4.78, 5) is -9.86. The summed E-state index contributed by atoms with van der Waals surface area (Å²) >= 11 is 2.77. The van der Waals surface area contributed by atoms with Crippen LogP contribution < -0.4 is 4.74 Å². The molecule has 0 fully saturated rings. The van der Waals surface area contributed by atoms with Crippen molar-refractivity contribution in [2.24, 2.45) is 0 Å². The second-order valence-corrected chi connectivity index (χ2v) is 14.5. The number of allylic oxidation sites excluding steroid dienone is 2. The lowest BCUT2D eigenvalue weighted by atomic mass is 9.97. The smallest absolute Gasteiger partial charge is 0.427 e. The number of ether oxygens (including phenoxy) is 2.